The van der Waals surface area contributed by atoms with Gasteiger partial charge in [-0.2, -0.15) is 0 Å². The lowest BCUT2D eigenvalue weighted by Crippen LogP contribution is -2.48. The van der Waals surface area contributed by atoms with Crippen LogP contribution >= 0.6 is 17.0 Å². The number of rotatable bonds is 19. The smallest absolute Gasteiger partial charge is 0.119 e. The summed E-state index contributed by atoms with van der Waals surface area (Å²) in [5.74, 6) is 0.928. The van der Waals surface area contributed by atoms with Crippen molar-refractivity contribution in [3.8, 4) is 5.75 Å². The van der Waals surface area contributed by atoms with E-state index < -0.39 is 0 Å². The average Bonchev–Trinajstić information content (AvgIpc) is 2.70. The van der Waals surface area contributed by atoms with Gasteiger partial charge in [-0.3, -0.25) is 0 Å². The summed E-state index contributed by atoms with van der Waals surface area (Å²) >= 11 is 0. The molecule has 30 heavy (non-hydrogen) atoms. The first-order valence-electron chi connectivity index (χ1n) is 12.5. The second kappa shape index (κ2) is 19.2. The van der Waals surface area contributed by atoms with Crippen molar-refractivity contribution in [1.82, 2.24) is 0 Å². The van der Waals surface area contributed by atoms with Crippen LogP contribution in [-0.2, 0) is 0 Å². The van der Waals surface area contributed by atoms with Gasteiger partial charge in [0.15, 0.2) is 0 Å². The Morgan fingerprint density at radius 1 is 0.700 bits per heavy atom. The van der Waals surface area contributed by atoms with E-state index in [1.807, 2.05) is 30.3 Å². The van der Waals surface area contributed by atoms with Crippen LogP contribution in [0.5, 0.6) is 5.75 Å². The van der Waals surface area contributed by atoms with Crippen LogP contribution in [0.25, 0.3) is 0 Å². The zero-order valence-corrected chi connectivity index (χ0v) is 21.9. The molecule has 0 fully saturated rings. The van der Waals surface area contributed by atoms with E-state index in [1.54, 1.807) is 0 Å². The van der Waals surface area contributed by atoms with Crippen LogP contribution in [0.3, 0.4) is 0 Å². The molecule has 176 valence electrons. The van der Waals surface area contributed by atoms with Crippen molar-refractivity contribution in [2.75, 3.05) is 0 Å². The van der Waals surface area contributed by atoms with E-state index in [-0.39, 0.29) is 28.6 Å². The molecule has 0 radical (unpaired) electrons. The van der Waals surface area contributed by atoms with Crippen molar-refractivity contribution in [2.24, 2.45) is 5.73 Å². The third-order valence-electron chi connectivity index (χ3n) is 5.92. The maximum Gasteiger partial charge on any atom is 0.119 e. The van der Waals surface area contributed by atoms with E-state index in [2.05, 4.69) is 20.8 Å². The fraction of sp³-hybridized carbons (Fsp3) is 0.778. The second-order valence-electron chi connectivity index (χ2n) is 9.48. The Balaban J connectivity index is 0.00000841. The number of unbranched alkanes of at least 4 members (excludes halogenated alkanes) is 14. The number of para-hydroxylation sites is 1. The molecule has 0 saturated heterocycles. The fourth-order valence-electron chi connectivity index (χ4n) is 3.95. The average molecular weight is 485 g/mol. The highest BCUT2D eigenvalue weighted by Gasteiger charge is 2.26. The van der Waals surface area contributed by atoms with Crippen LogP contribution in [0, 0.1) is 0 Å². The van der Waals surface area contributed by atoms with E-state index in [1.165, 1.54) is 96.3 Å². The molecule has 0 spiro atoms. The highest BCUT2D eigenvalue weighted by atomic mass is 79.9. The molecule has 1 unspecified atom stereocenters. The molecular formula is C27H50BrNO. The minimum Gasteiger partial charge on any atom is -0.489 e. The molecule has 1 aromatic rings. The molecule has 0 bridgehead atoms. The zero-order valence-electron chi connectivity index (χ0n) is 20.2. The summed E-state index contributed by atoms with van der Waals surface area (Å²) in [6, 6.07) is 10.1. The van der Waals surface area contributed by atoms with Crippen molar-refractivity contribution in [3.05, 3.63) is 30.3 Å². The number of ether oxygens (including phenoxy) is 1. The first kappa shape index (κ1) is 29.5. The number of halogens is 1. The Bertz CT molecular complexity index is 472. The van der Waals surface area contributed by atoms with Gasteiger partial charge in [0, 0.05) is 5.54 Å². The molecule has 1 rings (SSSR count). The molecule has 1 aromatic carbocycles. The lowest BCUT2D eigenvalue weighted by atomic mass is 9.93. The highest BCUT2D eigenvalue weighted by molar-refractivity contribution is 8.93. The molecular weight excluding hydrogens is 434 g/mol. The molecule has 0 saturated carbocycles. The van der Waals surface area contributed by atoms with Gasteiger partial charge in [-0.25, -0.2) is 0 Å². The Kier molecular flexibility index (Phi) is 18.8. The van der Waals surface area contributed by atoms with Crippen molar-refractivity contribution in [2.45, 2.75) is 135 Å². The van der Waals surface area contributed by atoms with Crippen LogP contribution in [0.15, 0.2) is 30.3 Å². The summed E-state index contributed by atoms with van der Waals surface area (Å²) in [6.07, 6.45) is 22.1. The second-order valence-corrected chi connectivity index (χ2v) is 9.48. The molecule has 2 nitrogen and oxygen atoms in total. The SMILES string of the molecule is Br.CCCCCCCCCCCCCCCCCC(Oc1ccccc1)C(C)(C)N. The molecule has 0 aromatic heterocycles. The minimum atomic E-state index is -0.314. The molecule has 3 heteroatoms. The monoisotopic (exact) mass is 483 g/mol. The first-order valence-corrected chi connectivity index (χ1v) is 12.5. The van der Waals surface area contributed by atoms with Crippen LogP contribution in [0.1, 0.15) is 124 Å². The Hall–Kier alpha value is -0.540. The molecule has 0 aliphatic rings. The minimum absolute atomic E-state index is 0. The van der Waals surface area contributed by atoms with Crippen LogP contribution in [0.4, 0.5) is 0 Å². The number of hydrogen-bond donors (Lipinski definition) is 1. The maximum atomic E-state index is 6.36. The molecule has 2 N–H and O–H groups in total. The van der Waals surface area contributed by atoms with Gasteiger partial charge in [0.25, 0.3) is 0 Å². The summed E-state index contributed by atoms with van der Waals surface area (Å²) < 4.78 is 6.17. The fourth-order valence-corrected chi connectivity index (χ4v) is 3.95. The van der Waals surface area contributed by atoms with Crippen molar-refractivity contribution < 1.29 is 4.74 Å². The predicted octanol–water partition coefficient (Wildman–Crippen LogP) is 9.01. The summed E-state index contributed by atoms with van der Waals surface area (Å²) in [6.45, 7) is 6.44. The third kappa shape index (κ3) is 16.2. The van der Waals surface area contributed by atoms with Gasteiger partial charge in [0.05, 0.1) is 0 Å². The van der Waals surface area contributed by atoms with Crippen LogP contribution < -0.4 is 10.5 Å². The topological polar surface area (TPSA) is 35.2 Å². The van der Waals surface area contributed by atoms with Gasteiger partial charge in [-0.15, -0.1) is 17.0 Å². The van der Waals surface area contributed by atoms with Gasteiger partial charge in [0.2, 0.25) is 0 Å². The van der Waals surface area contributed by atoms with E-state index in [4.69, 9.17) is 10.5 Å². The summed E-state index contributed by atoms with van der Waals surface area (Å²) in [5.41, 5.74) is 6.05. The Morgan fingerprint density at radius 3 is 1.50 bits per heavy atom. The Morgan fingerprint density at radius 2 is 1.10 bits per heavy atom. The van der Waals surface area contributed by atoms with Gasteiger partial charge in [0.1, 0.15) is 11.9 Å². The van der Waals surface area contributed by atoms with Crippen molar-refractivity contribution in [3.63, 3.8) is 0 Å². The standard InChI is InChI=1S/C27H49NO.BrH/c1-4-5-6-7-8-9-10-11-12-13-14-15-16-17-21-24-26(27(2,3)28)29-25-22-19-18-20-23-25;/h18-20,22-23,26H,4-17,21,24,28H2,1-3H3;1H. The van der Waals surface area contributed by atoms with Crippen molar-refractivity contribution in [1.29, 1.82) is 0 Å². The number of benzene rings is 1. The summed E-state index contributed by atoms with van der Waals surface area (Å²) in [5, 5.41) is 0. The highest BCUT2D eigenvalue weighted by Crippen LogP contribution is 2.22. The number of nitrogens with two attached hydrogens (primary N) is 1. The van der Waals surface area contributed by atoms with Gasteiger partial charge in [-0.1, -0.05) is 115 Å². The predicted molar refractivity (Wildman–Crippen MR) is 139 cm³/mol. The number of hydrogen-bond acceptors (Lipinski definition) is 2. The van der Waals surface area contributed by atoms with Gasteiger partial charge >= 0.3 is 0 Å². The maximum absolute atomic E-state index is 6.36. The summed E-state index contributed by atoms with van der Waals surface area (Å²) in [7, 11) is 0. The molecule has 0 heterocycles. The lowest BCUT2D eigenvalue weighted by molar-refractivity contribution is 0.117. The molecule has 0 aliphatic heterocycles. The molecule has 0 aliphatic carbocycles. The van der Waals surface area contributed by atoms with Gasteiger partial charge in [-0.05, 0) is 38.8 Å². The van der Waals surface area contributed by atoms with E-state index in [9.17, 15) is 0 Å². The summed E-state index contributed by atoms with van der Waals surface area (Å²) in [4.78, 5) is 0. The van der Waals surface area contributed by atoms with Crippen LogP contribution in [-0.4, -0.2) is 11.6 Å². The molecule has 0 amide bonds. The Labute approximate surface area is 198 Å². The first-order chi connectivity index (χ1) is 14.0. The van der Waals surface area contributed by atoms with Crippen molar-refractivity contribution >= 4 is 17.0 Å². The molecule has 1 atom stereocenters. The normalized spacial score (nSPS) is 12.4. The van der Waals surface area contributed by atoms with Gasteiger partial charge < -0.3 is 10.5 Å². The van der Waals surface area contributed by atoms with E-state index in [0.29, 0.717) is 0 Å². The third-order valence-corrected chi connectivity index (χ3v) is 5.92. The zero-order chi connectivity index (χ0) is 21.2. The largest absolute Gasteiger partial charge is 0.489 e. The lowest BCUT2D eigenvalue weighted by Gasteiger charge is -2.31. The van der Waals surface area contributed by atoms with Crippen LogP contribution in [0.2, 0.25) is 0 Å². The van der Waals surface area contributed by atoms with E-state index >= 15 is 0 Å². The van der Waals surface area contributed by atoms with E-state index in [0.717, 1.165) is 12.2 Å². The quantitative estimate of drug-likeness (QED) is 0.199.